The maximum Gasteiger partial charge on any atom is 0.323 e. The molecule has 7 heteroatoms. The fourth-order valence-electron chi connectivity index (χ4n) is 3.09. The molecule has 0 saturated carbocycles. The lowest BCUT2D eigenvalue weighted by molar-refractivity contribution is 0.262. The highest BCUT2D eigenvalue weighted by atomic mass is 35.5. The summed E-state index contributed by atoms with van der Waals surface area (Å²) in [7, 11) is 0. The topological polar surface area (TPSA) is 92.9 Å². The summed E-state index contributed by atoms with van der Waals surface area (Å²) >= 11 is 6.12. The van der Waals surface area contributed by atoms with E-state index in [0.717, 1.165) is 27.7 Å². The minimum Gasteiger partial charge on any atom is -0.399 e. The van der Waals surface area contributed by atoms with Crippen LogP contribution in [0, 0.1) is 6.92 Å². The second-order valence-electron chi connectivity index (χ2n) is 6.59. The van der Waals surface area contributed by atoms with Crippen LogP contribution in [0.5, 0.6) is 0 Å². The number of rotatable bonds is 3. The standard InChI is InChI=1S/C22H18ClN5O/c1-13-6-8-15(27-22(29)28-20-9-7-14(24)10-18(20)23)11-17(13)21-16-4-2-3-5-19(16)25-12-26-21/h2-12H,24H2,1H3,(H2,27,28,29). The molecular formula is C22H18ClN5O. The van der Waals surface area contributed by atoms with Gasteiger partial charge in [0.2, 0.25) is 0 Å². The Kier molecular flexibility index (Phi) is 5.01. The van der Waals surface area contributed by atoms with Gasteiger partial charge in [0.25, 0.3) is 0 Å². The molecule has 3 aromatic carbocycles. The van der Waals surface area contributed by atoms with Gasteiger partial charge in [-0.2, -0.15) is 0 Å². The Morgan fingerprint density at radius 1 is 1.00 bits per heavy atom. The van der Waals surface area contributed by atoms with Crippen molar-refractivity contribution in [3.63, 3.8) is 0 Å². The van der Waals surface area contributed by atoms with Crippen LogP contribution in [-0.2, 0) is 0 Å². The van der Waals surface area contributed by atoms with Crippen LogP contribution < -0.4 is 16.4 Å². The fourth-order valence-corrected chi connectivity index (χ4v) is 3.33. The maximum absolute atomic E-state index is 12.4. The van der Waals surface area contributed by atoms with Gasteiger partial charge in [0.05, 0.1) is 21.9 Å². The van der Waals surface area contributed by atoms with Gasteiger partial charge in [-0.1, -0.05) is 35.9 Å². The molecule has 0 aliphatic rings. The molecule has 1 heterocycles. The van der Waals surface area contributed by atoms with Gasteiger partial charge >= 0.3 is 6.03 Å². The van der Waals surface area contributed by atoms with Crippen LogP contribution in [0.3, 0.4) is 0 Å². The van der Waals surface area contributed by atoms with E-state index < -0.39 is 6.03 Å². The Labute approximate surface area is 172 Å². The average Bonchev–Trinajstić information content (AvgIpc) is 2.71. The summed E-state index contributed by atoms with van der Waals surface area (Å²) in [6, 6.07) is 18.0. The van der Waals surface area contributed by atoms with Crippen molar-refractivity contribution < 1.29 is 4.79 Å². The van der Waals surface area contributed by atoms with Crippen LogP contribution in [0.15, 0.2) is 67.0 Å². The van der Waals surface area contributed by atoms with Crippen molar-refractivity contribution in [2.45, 2.75) is 6.92 Å². The number of urea groups is 1. The van der Waals surface area contributed by atoms with E-state index in [0.29, 0.717) is 22.1 Å². The van der Waals surface area contributed by atoms with Crippen LogP contribution in [0.25, 0.3) is 22.2 Å². The minimum atomic E-state index is -0.404. The molecule has 144 valence electrons. The normalized spacial score (nSPS) is 10.7. The van der Waals surface area contributed by atoms with Crippen molar-refractivity contribution in [3.8, 4) is 11.3 Å². The van der Waals surface area contributed by atoms with Crippen LogP contribution >= 0.6 is 11.6 Å². The first kappa shape index (κ1) is 18.7. The molecule has 0 spiro atoms. The largest absolute Gasteiger partial charge is 0.399 e. The second-order valence-corrected chi connectivity index (χ2v) is 6.99. The second kappa shape index (κ2) is 7.77. The third-order valence-corrected chi connectivity index (χ3v) is 4.85. The molecule has 6 nitrogen and oxygen atoms in total. The number of anilines is 3. The molecule has 4 aromatic rings. The van der Waals surface area contributed by atoms with Crippen LogP contribution in [0.2, 0.25) is 5.02 Å². The number of nitrogen functional groups attached to an aromatic ring is 1. The Balaban J connectivity index is 1.62. The maximum atomic E-state index is 12.4. The first-order valence-corrected chi connectivity index (χ1v) is 9.33. The quantitative estimate of drug-likeness (QED) is 0.394. The first-order chi connectivity index (χ1) is 14.0. The lowest BCUT2D eigenvalue weighted by atomic mass is 10.0. The van der Waals surface area contributed by atoms with Gasteiger partial charge in [-0.15, -0.1) is 0 Å². The predicted octanol–water partition coefficient (Wildman–Crippen LogP) is 5.48. The summed E-state index contributed by atoms with van der Waals surface area (Å²) < 4.78 is 0. The van der Waals surface area contributed by atoms with Crippen molar-refractivity contribution in [1.82, 2.24) is 9.97 Å². The number of halogens is 1. The van der Waals surface area contributed by atoms with E-state index in [1.165, 1.54) is 0 Å². The summed E-state index contributed by atoms with van der Waals surface area (Å²) in [5, 5.41) is 6.89. The van der Waals surface area contributed by atoms with Crippen molar-refractivity contribution >= 4 is 45.6 Å². The molecule has 0 fully saturated rings. The number of hydrogen-bond donors (Lipinski definition) is 3. The van der Waals surface area contributed by atoms with Gasteiger partial charge in [-0.3, -0.25) is 0 Å². The Morgan fingerprint density at radius 3 is 2.66 bits per heavy atom. The highest BCUT2D eigenvalue weighted by molar-refractivity contribution is 6.34. The summed E-state index contributed by atoms with van der Waals surface area (Å²) in [5.41, 5.74) is 11.0. The number of carbonyl (C=O) groups is 1. The molecule has 0 radical (unpaired) electrons. The van der Waals surface area contributed by atoms with Crippen LogP contribution in [0.1, 0.15) is 5.56 Å². The number of nitrogens with zero attached hydrogens (tertiary/aromatic N) is 2. The molecular weight excluding hydrogens is 386 g/mol. The number of fused-ring (bicyclic) bond motifs is 1. The monoisotopic (exact) mass is 403 g/mol. The van der Waals surface area contributed by atoms with Crippen molar-refractivity contribution in [2.24, 2.45) is 0 Å². The molecule has 29 heavy (non-hydrogen) atoms. The number of aryl methyl sites for hydroxylation is 1. The number of amides is 2. The average molecular weight is 404 g/mol. The SMILES string of the molecule is Cc1ccc(NC(=O)Nc2ccc(N)cc2Cl)cc1-c1ncnc2ccccc12. The van der Waals surface area contributed by atoms with Crippen molar-refractivity contribution in [3.05, 3.63) is 77.6 Å². The highest BCUT2D eigenvalue weighted by Gasteiger charge is 2.12. The van der Waals surface area contributed by atoms with Gasteiger partial charge in [0, 0.05) is 22.3 Å². The first-order valence-electron chi connectivity index (χ1n) is 8.95. The third-order valence-electron chi connectivity index (χ3n) is 4.53. The number of para-hydroxylation sites is 1. The number of carbonyl (C=O) groups excluding carboxylic acids is 1. The Hall–Kier alpha value is -3.64. The van der Waals surface area contributed by atoms with Gasteiger partial charge in [-0.05, 0) is 48.9 Å². The third kappa shape index (κ3) is 3.97. The lowest BCUT2D eigenvalue weighted by Gasteiger charge is -2.13. The van der Waals surface area contributed by atoms with E-state index in [-0.39, 0.29) is 0 Å². The van der Waals surface area contributed by atoms with E-state index in [4.69, 9.17) is 17.3 Å². The molecule has 4 rings (SSSR count). The fraction of sp³-hybridized carbons (Fsp3) is 0.0455. The van der Waals surface area contributed by atoms with E-state index in [1.54, 1.807) is 24.5 Å². The smallest absolute Gasteiger partial charge is 0.323 e. The minimum absolute atomic E-state index is 0.372. The van der Waals surface area contributed by atoms with Crippen molar-refractivity contribution in [2.75, 3.05) is 16.4 Å². The zero-order valence-electron chi connectivity index (χ0n) is 15.6. The predicted molar refractivity (Wildman–Crippen MR) is 118 cm³/mol. The van der Waals surface area contributed by atoms with Gasteiger partial charge < -0.3 is 16.4 Å². The summed E-state index contributed by atoms with van der Waals surface area (Å²) in [6.45, 7) is 2.00. The zero-order chi connectivity index (χ0) is 20.4. The number of hydrogen-bond acceptors (Lipinski definition) is 4. The Bertz CT molecular complexity index is 1220. The lowest BCUT2D eigenvalue weighted by Crippen LogP contribution is -2.19. The molecule has 0 aliphatic heterocycles. The van der Waals surface area contributed by atoms with E-state index in [2.05, 4.69) is 20.6 Å². The summed E-state index contributed by atoms with van der Waals surface area (Å²) in [5.74, 6) is 0. The highest BCUT2D eigenvalue weighted by Crippen LogP contribution is 2.30. The van der Waals surface area contributed by atoms with Gasteiger partial charge in [0.15, 0.2) is 0 Å². The van der Waals surface area contributed by atoms with E-state index >= 15 is 0 Å². The summed E-state index contributed by atoms with van der Waals surface area (Å²) in [6.07, 6.45) is 1.55. The van der Waals surface area contributed by atoms with Crippen LogP contribution in [-0.4, -0.2) is 16.0 Å². The Morgan fingerprint density at radius 2 is 1.83 bits per heavy atom. The number of aromatic nitrogens is 2. The molecule has 0 aliphatic carbocycles. The number of nitrogens with two attached hydrogens (primary N) is 1. The molecule has 4 N–H and O–H groups in total. The summed E-state index contributed by atoms with van der Waals surface area (Å²) in [4.78, 5) is 21.2. The number of nitrogens with one attached hydrogen (secondary N) is 2. The molecule has 0 saturated heterocycles. The molecule has 2 amide bonds. The van der Waals surface area contributed by atoms with Crippen molar-refractivity contribution in [1.29, 1.82) is 0 Å². The molecule has 0 unspecified atom stereocenters. The van der Waals surface area contributed by atoms with E-state index in [9.17, 15) is 4.79 Å². The molecule has 1 aromatic heterocycles. The molecule has 0 bridgehead atoms. The van der Waals surface area contributed by atoms with E-state index in [1.807, 2.05) is 49.4 Å². The van der Waals surface area contributed by atoms with Gasteiger partial charge in [0.1, 0.15) is 6.33 Å². The zero-order valence-corrected chi connectivity index (χ0v) is 16.4. The van der Waals surface area contributed by atoms with Gasteiger partial charge in [-0.25, -0.2) is 14.8 Å². The number of benzene rings is 3. The molecule has 0 atom stereocenters. The van der Waals surface area contributed by atoms with Crippen LogP contribution in [0.4, 0.5) is 21.9 Å².